The minimum Gasteiger partial charge on any atom is -0.464 e. The molecule has 0 heterocycles. The van der Waals surface area contributed by atoms with Crippen LogP contribution < -0.4 is 5.32 Å². The van der Waals surface area contributed by atoms with Gasteiger partial charge in [0.1, 0.15) is 6.61 Å². The first kappa shape index (κ1) is 14.5. The van der Waals surface area contributed by atoms with E-state index in [1.165, 1.54) is 0 Å². The predicted octanol–water partition coefficient (Wildman–Crippen LogP) is 2.20. The number of carbonyl (C=O) groups excluding carboxylic acids is 2. The van der Waals surface area contributed by atoms with Crippen molar-refractivity contribution in [2.24, 2.45) is 0 Å². The SMILES string of the molecule is CCOC(=O)C(Br)NC(=O)OCc1ccccc1. The van der Waals surface area contributed by atoms with Crippen LogP contribution in [0.2, 0.25) is 0 Å². The van der Waals surface area contributed by atoms with Gasteiger partial charge in [-0.1, -0.05) is 46.3 Å². The molecule has 6 heteroatoms. The zero-order chi connectivity index (χ0) is 13.4. The fourth-order valence-electron chi connectivity index (χ4n) is 1.14. The average Bonchev–Trinajstić information content (AvgIpc) is 2.38. The largest absolute Gasteiger partial charge is 0.464 e. The van der Waals surface area contributed by atoms with E-state index in [0.717, 1.165) is 5.56 Å². The first-order valence-electron chi connectivity index (χ1n) is 5.41. The molecule has 98 valence electrons. The molecule has 5 nitrogen and oxygen atoms in total. The summed E-state index contributed by atoms with van der Waals surface area (Å²) in [4.78, 5) is 21.7. The molecule has 1 rings (SSSR count). The van der Waals surface area contributed by atoms with Crippen LogP contribution in [0.3, 0.4) is 0 Å². The highest BCUT2D eigenvalue weighted by Gasteiger charge is 2.18. The third-order valence-corrected chi connectivity index (χ3v) is 2.55. The van der Waals surface area contributed by atoms with Crippen molar-refractivity contribution < 1.29 is 19.1 Å². The van der Waals surface area contributed by atoms with Crippen LogP contribution in [-0.2, 0) is 20.9 Å². The van der Waals surface area contributed by atoms with Gasteiger partial charge in [-0.3, -0.25) is 5.32 Å². The monoisotopic (exact) mass is 315 g/mol. The Morgan fingerprint density at radius 1 is 1.28 bits per heavy atom. The van der Waals surface area contributed by atoms with Gasteiger partial charge in [-0.25, -0.2) is 9.59 Å². The third-order valence-electron chi connectivity index (χ3n) is 1.95. The van der Waals surface area contributed by atoms with E-state index in [9.17, 15) is 9.59 Å². The highest BCUT2D eigenvalue weighted by Crippen LogP contribution is 2.02. The van der Waals surface area contributed by atoms with E-state index in [1.807, 2.05) is 30.3 Å². The molecular weight excluding hydrogens is 302 g/mol. The average molecular weight is 316 g/mol. The lowest BCUT2D eigenvalue weighted by Crippen LogP contribution is -2.37. The maximum Gasteiger partial charge on any atom is 0.408 e. The summed E-state index contributed by atoms with van der Waals surface area (Å²) in [5.74, 6) is -0.561. The normalized spacial score (nSPS) is 11.4. The molecule has 0 aliphatic rings. The standard InChI is InChI=1S/C12H14BrNO4/c1-2-17-11(15)10(13)14-12(16)18-8-9-6-4-3-5-7-9/h3-7,10H,2,8H2,1H3,(H,14,16). The summed E-state index contributed by atoms with van der Waals surface area (Å²) in [6.45, 7) is 2.09. The number of halogens is 1. The van der Waals surface area contributed by atoms with Gasteiger partial charge in [-0.05, 0) is 12.5 Å². The van der Waals surface area contributed by atoms with Gasteiger partial charge in [0.05, 0.1) is 6.61 Å². The second-order valence-electron chi connectivity index (χ2n) is 3.32. The molecule has 1 N–H and O–H groups in total. The number of hydrogen-bond acceptors (Lipinski definition) is 4. The van der Waals surface area contributed by atoms with E-state index < -0.39 is 17.0 Å². The van der Waals surface area contributed by atoms with Crippen LogP contribution in [0.1, 0.15) is 12.5 Å². The number of amides is 1. The molecule has 1 aromatic rings. The molecule has 0 aromatic heterocycles. The Balaban J connectivity index is 2.31. The third kappa shape index (κ3) is 5.18. The topological polar surface area (TPSA) is 64.6 Å². The summed E-state index contributed by atoms with van der Waals surface area (Å²) in [7, 11) is 0. The highest BCUT2D eigenvalue weighted by atomic mass is 79.9. The van der Waals surface area contributed by atoms with Crippen LogP contribution in [0.25, 0.3) is 0 Å². The molecule has 0 bridgehead atoms. The highest BCUT2D eigenvalue weighted by molar-refractivity contribution is 9.10. The van der Waals surface area contributed by atoms with Gasteiger partial charge < -0.3 is 9.47 Å². The van der Waals surface area contributed by atoms with Gasteiger partial charge in [0, 0.05) is 0 Å². The smallest absolute Gasteiger partial charge is 0.408 e. The van der Waals surface area contributed by atoms with E-state index >= 15 is 0 Å². The summed E-state index contributed by atoms with van der Waals surface area (Å²) in [6, 6.07) is 9.25. The lowest BCUT2D eigenvalue weighted by molar-refractivity contribution is -0.142. The maximum atomic E-state index is 11.4. The summed E-state index contributed by atoms with van der Waals surface area (Å²) >= 11 is 2.98. The van der Waals surface area contributed by atoms with E-state index in [-0.39, 0.29) is 13.2 Å². The molecule has 1 unspecified atom stereocenters. The fraction of sp³-hybridized carbons (Fsp3) is 0.333. The minimum absolute atomic E-state index is 0.148. The van der Waals surface area contributed by atoms with Gasteiger partial charge in [0.2, 0.25) is 0 Å². The number of nitrogens with one attached hydrogen (secondary N) is 1. The quantitative estimate of drug-likeness (QED) is 0.514. The van der Waals surface area contributed by atoms with Crippen molar-refractivity contribution in [1.29, 1.82) is 0 Å². The minimum atomic E-state index is -0.902. The Kier molecular flexibility index (Phi) is 6.21. The van der Waals surface area contributed by atoms with Crippen LogP contribution in [-0.4, -0.2) is 23.6 Å². The zero-order valence-corrected chi connectivity index (χ0v) is 11.5. The Labute approximate surface area is 114 Å². The summed E-state index contributed by atoms with van der Waals surface area (Å²) < 4.78 is 9.65. The van der Waals surface area contributed by atoms with Gasteiger partial charge in [0.15, 0.2) is 4.95 Å². The van der Waals surface area contributed by atoms with Crippen molar-refractivity contribution in [3.05, 3.63) is 35.9 Å². The van der Waals surface area contributed by atoms with Crippen molar-refractivity contribution in [3.63, 3.8) is 0 Å². The van der Waals surface area contributed by atoms with Gasteiger partial charge in [-0.2, -0.15) is 0 Å². The zero-order valence-electron chi connectivity index (χ0n) is 9.89. The molecule has 1 amide bonds. The molecule has 0 saturated heterocycles. The second kappa shape index (κ2) is 7.71. The van der Waals surface area contributed by atoms with Crippen LogP contribution in [0, 0.1) is 0 Å². The Bertz CT molecular complexity index is 396. The Morgan fingerprint density at radius 3 is 2.56 bits per heavy atom. The molecule has 0 aliphatic carbocycles. The number of ether oxygens (including phenoxy) is 2. The van der Waals surface area contributed by atoms with Gasteiger partial charge >= 0.3 is 12.1 Å². The molecule has 0 saturated carbocycles. The lowest BCUT2D eigenvalue weighted by Gasteiger charge is -2.11. The summed E-state index contributed by atoms with van der Waals surface area (Å²) in [5, 5.41) is 2.32. The van der Waals surface area contributed by atoms with Crippen molar-refractivity contribution in [1.82, 2.24) is 5.32 Å². The number of alkyl halides is 1. The van der Waals surface area contributed by atoms with E-state index in [4.69, 9.17) is 9.47 Å². The Hall–Kier alpha value is -1.56. The van der Waals surface area contributed by atoms with E-state index in [0.29, 0.717) is 0 Å². The molecule has 0 radical (unpaired) electrons. The van der Waals surface area contributed by atoms with Crippen LogP contribution in [0.4, 0.5) is 4.79 Å². The van der Waals surface area contributed by atoms with E-state index in [1.54, 1.807) is 6.92 Å². The molecule has 1 aromatic carbocycles. The first-order chi connectivity index (χ1) is 8.63. The maximum absolute atomic E-state index is 11.4. The molecule has 0 aliphatic heterocycles. The predicted molar refractivity (Wildman–Crippen MR) is 69.1 cm³/mol. The fourth-order valence-corrected chi connectivity index (χ4v) is 1.46. The summed E-state index contributed by atoms with van der Waals surface area (Å²) in [5.41, 5.74) is 0.870. The van der Waals surface area contributed by atoms with E-state index in [2.05, 4.69) is 21.2 Å². The molecule has 18 heavy (non-hydrogen) atoms. The number of carbonyl (C=O) groups is 2. The van der Waals surface area contributed by atoms with Crippen molar-refractivity contribution in [2.45, 2.75) is 18.5 Å². The van der Waals surface area contributed by atoms with Crippen molar-refractivity contribution in [3.8, 4) is 0 Å². The second-order valence-corrected chi connectivity index (χ2v) is 4.24. The van der Waals surface area contributed by atoms with Crippen LogP contribution >= 0.6 is 15.9 Å². The number of rotatable bonds is 5. The molecule has 0 fully saturated rings. The molecule has 0 spiro atoms. The van der Waals surface area contributed by atoms with Crippen LogP contribution in [0.15, 0.2) is 30.3 Å². The summed E-state index contributed by atoms with van der Waals surface area (Å²) in [6.07, 6.45) is -0.686. The first-order valence-corrected chi connectivity index (χ1v) is 6.33. The number of esters is 1. The van der Waals surface area contributed by atoms with Crippen molar-refractivity contribution in [2.75, 3.05) is 6.61 Å². The number of benzene rings is 1. The molecular formula is C12H14BrNO4. The lowest BCUT2D eigenvalue weighted by atomic mass is 10.2. The van der Waals surface area contributed by atoms with Gasteiger partial charge in [-0.15, -0.1) is 0 Å². The van der Waals surface area contributed by atoms with Crippen molar-refractivity contribution >= 4 is 28.0 Å². The number of hydrogen-bond donors (Lipinski definition) is 1. The number of alkyl carbamates (subject to hydrolysis) is 1. The van der Waals surface area contributed by atoms with Gasteiger partial charge in [0.25, 0.3) is 0 Å². The Morgan fingerprint density at radius 2 is 1.94 bits per heavy atom. The molecule has 1 atom stereocenters. The van der Waals surface area contributed by atoms with Crippen LogP contribution in [0.5, 0.6) is 0 Å².